The summed E-state index contributed by atoms with van der Waals surface area (Å²) in [5, 5.41) is 32.9. The van der Waals surface area contributed by atoms with Gasteiger partial charge in [0.15, 0.2) is 0 Å². The Balaban J connectivity index is 0.000000618. The second kappa shape index (κ2) is 16.4. The van der Waals surface area contributed by atoms with Gasteiger partial charge in [-0.05, 0) is 79.1 Å². The lowest BCUT2D eigenvalue weighted by Crippen LogP contribution is -2.22. The maximum atomic E-state index is 11.0. The van der Waals surface area contributed by atoms with Crippen molar-refractivity contribution in [1.82, 2.24) is 0 Å². The first-order valence-electron chi connectivity index (χ1n) is 12.4. The normalized spacial score (nSPS) is 11.8. The summed E-state index contributed by atoms with van der Waals surface area (Å²) in [6, 6.07) is 5.31. The zero-order valence-electron chi connectivity index (χ0n) is 24.9. The minimum atomic E-state index is -4.22. The highest BCUT2D eigenvalue weighted by Gasteiger charge is 2.18. The molecule has 240 valence electrons. The van der Waals surface area contributed by atoms with E-state index in [-0.39, 0.29) is 45.0 Å². The molecule has 0 atom stereocenters. The third kappa shape index (κ3) is 14.0. The molecule has 2 aromatic rings. The average Bonchev–Trinajstić information content (AvgIpc) is 2.81. The molecule has 43 heavy (non-hydrogen) atoms. The maximum absolute atomic E-state index is 11.0. The van der Waals surface area contributed by atoms with Gasteiger partial charge in [0.2, 0.25) is 11.9 Å². The van der Waals surface area contributed by atoms with Crippen LogP contribution >= 0.6 is 0 Å². The monoisotopic (exact) mass is 644 g/mol. The molecule has 0 bridgehead atoms. The van der Waals surface area contributed by atoms with Gasteiger partial charge in [-0.2, -0.15) is 27.0 Å². The number of guanidine groups is 2. The molecule has 0 saturated carbocycles. The minimum Gasteiger partial charge on any atom is -0.508 e. The summed E-state index contributed by atoms with van der Waals surface area (Å²) in [7, 11) is -8.43. The Labute approximate surface area is 251 Å². The van der Waals surface area contributed by atoms with Gasteiger partial charge in [-0.25, -0.2) is 0 Å². The van der Waals surface area contributed by atoms with Crippen LogP contribution in [0.25, 0.3) is 0 Å². The highest BCUT2D eigenvalue weighted by Crippen LogP contribution is 2.31. The Bertz CT molecular complexity index is 1520. The molecule has 2 aromatic carbocycles. The Morgan fingerprint density at radius 3 is 1.33 bits per heavy atom. The van der Waals surface area contributed by atoms with Crippen LogP contribution in [0.5, 0.6) is 11.5 Å². The van der Waals surface area contributed by atoms with Crippen LogP contribution in [0.4, 0.5) is 0 Å². The first-order chi connectivity index (χ1) is 19.5. The third-order valence-electron chi connectivity index (χ3n) is 5.19. The van der Waals surface area contributed by atoms with Crippen molar-refractivity contribution in [2.45, 2.75) is 70.1 Å². The van der Waals surface area contributed by atoms with Gasteiger partial charge in [0.05, 0.1) is 21.7 Å². The van der Waals surface area contributed by atoms with Crippen molar-refractivity contribution < 1.29 is 36.2 Å². The molecule has 0 amide bonds. The van der Waals surface area contributed by atoms with Crippen LogP contribution in [0.1, 0.15) is 68.7 Å². The second-order valence-electron chi connectivity index (χ2n) is 9.65. The predicted octanol–water partition coefficient (Wildman–Crippen LogP) is 2.04. The molecule has 0 aromatic heterocycles. The van der Waals surface area contributed by atoms with Gasteiger partial charge in [-0.3, -0.25) is 9.11 Å². The van der Waals surface area contributed by atoms with Crippen molar-refractivity contribution in [3.63, 3.8) is 0 Å². The Kier molecular flexibility index (Phi) is 14.8. The molecule has 0 aliphatic heterocycles. The topological polar surface area (TPSA) is 303 Å². The van der Waals surface area contributed by atoms with Crippen molar-refractivity contribution >= 4 is 44.1 Å². The number of nitrogens with zero attached hydrogens (tertiary/aromatic N) is 4. The van der Waals surface area contributed by atoms with E-state index < -0.39 is 20.2 Å². The fourth-order valence-electron chi connectivity index (χ4n) is 3.20. The number of hydrogen-bond donors (Lipinski definition) is 8. The molecule has 0 radical (unpaired) electrons. The van der Waals surface area contributed by atoms with E-state index in [2.05, 4.69) is 20.4 Å². The van der Waals surface area contributed by atoms with Crippen molar-refractivity contribution in [3.8, 4) is 11.5 Å². The molecular formula is C25H40N8O8S2. The molecule has 0 saturated heterocycles. The van der Waals surface area contributed by atoms with Crippen molar-refractivity contribution in [3.05, 3.63) is 46.5 Å². The Morgan fingerprint density at radius 1 is 0.698 bits per heavy atom. The van der Waals surface area contributed by atoms with E-state index in [1.807, 2.05) is 27.7 Å². The van der Waals surface area contributed by atoms with Gasteiger partial charge in [-0.15, -0.1) is 10.2 Å². The van der Waals surface area contributed by atoms with Crippen LogP contribution in [0.15, 0.2) is 54.5 Å². The summed E-state index contributed by atoms with van der Waals surface area (Å²) >= 11 is 0. The van der Waals surface area contributed by atoms with E-state index in [0.717, 1.165) is 0 Å². The number of aromatic hydroxyl groups is 2. The van der Waals surface area contributed by atoms with Crippen LogP contribution in [0.2, 0.25) is 0 Å². The van der Waals surface area contributed by atoms with Crippen LogP contribution < -0.4 is 22.9 Å². The number of phenols is 2. The molecule has 0 heterocycles. The SMILES string of the molecule is CC(C=NN=C(N)N)=NN=C(N)N.Cc1cc(O)c(C(C)C)cc1S(=O)(=O)O.Cc1cc(O)c(C(C)C)cc1S(=O)(=O)O. The van der Waals surface area contributed by atoms with Crippen molar-refractivity contribution in [2.75, 3.05) is 0 Å². The molecule has 0 aliphatic rings. The second-order valence-corrected chi connectivity index (χ2v) is 12.4. The number of benzene rings is 2. The van der Waals surface area contributed by atoms with Gasteiger partial charge in [0, 0.05) is 0 Å². The highest BCUT2D eigenvalue weighted by molar-refractivity contribution is 7.86. The fraction of sp³-hybridized carbons (Fsp3) is 0.360. The molecule has 2 rings (SSSR count). The van der Waals surface area contributed by atoms with Gasteiger partial charge in [0.1, 0.15) is 11.5 Å². The number of rotatable bonds is 7. The smallest absolute Gasteiger partial charge is 0.294 e. The zero-order chi connectivity index (χ0) is 33.9. The van der Waals surface area contributed by atoms with E-state index >= 15 is 0 Å². The van der Waals surface area contributed by atoms with Crippen LogP contribution in [0, 0.1) is 13.8 Å². The first kappa shape index (κ1) is 38.7. The van der Waals surface area contributed by atoms with E-state index in [4.69, 9.17) is 32.0 Å². The third-order valence-corrected chi connectivity index (χ3v) is 7.18. The van der Waals surface area contributed by atoms with E-state index in [9.17, 15) is 27.0 Å². The molecular weight excluding hydrogens is 604 g/mol. The van der Waals surface area contributed by atoms with Crippen molar-refractivity contribution in [1.29, 1.82) is 0 Å². The summed E-state index contributed by atoms with van der Waals surface area (Å²) in [4.78, 5) is -0.298. The number of nitrogens with two attached hydrogens (primary N) is 4. The van der Waals surface area contributed by atoms with Gasteiger partial charge < -0.3 is 33.1 Å². The number of phenolic OH excluding ortho intramolecular Hbond substituents is 2. The fourth-order valence-corrected chi connectivity index (χ4v) is 4.68. The lowest BCUT2D eigenvalue weighted by Gasteiger charge is -2.11. The van der Waals surface area contributed by atoms with E-state index in [1.165, 1.54) is 44.3 Å². The maximum Gasteiger partial charge on any atom is 0.294 e. The predicted molar refractivity (Wildman–Crippen MR) is 167 cm³/mol. The molecule has 0 aliphatic carbocycles. The summed E-state index contributed by atoms with van der Waals surface area (Å²) in [5.74, 6) is -0.178. The molecule has 16 nitrogen and oxygen atoms in total. The van der Waals surface area contributed by atoms with Gasteiger partial charge in [-0.1, -0.05) is 27.7 Å². The number of hydrogen-bond acceptors (Lipinski definition) is 10. The Hall–Kier alpha value is -4.26. The largest absolute Gasteiger partial charge is 0.508 e. The van der Waals surface area contributed by atoms with Crippen molar-refractivity contribution in [2.24, 2.45) is 43.3 Å². The minimum absolute atomic E-state index is 0.00824. The van der Waals surface area contributed by atoms with Crippen LogP contribution in [-0.2, 0) is 20.2 Å². The van der Waals surface area contributed by atoms with Gasteiger partial charge in [0.25, 0.3) is 20.2 Å². The van der Waals surface area contributed by atoms with E-state index in [1.54, 1.807) is 6.92 Å². The summed E-state index contributed by atoms with van der Waals surface area (Å²) < 4.78 is 62.0. The summed E-state index contributed by atoms with van der Waals surface area (Å²) in [6.45, 7) is 12.0. The van der Waals surface area contributed by atoms with Gasteiger partial charge >= 0.3 is 0 Å². The Morgan fingerprint density at radius 2 is 1.05 bits per heavy atom. The highest BCUT2D eigenvalue weighted by atomic mass is 32.2. The lowest BCUT2D eigenvalue weighted by atomic mass is 10.0. The zero-order valence-corrected chi connectivity index (χ0v) is 26.5. The molecule has 0 fully saturated rings. The summed E-state index contributed by atoms with van der Waals surface area (Å²) in [6.07, 6.45) is 1.31. The molecule has 12 N–H and O–H groups in total. The van der Waals surface area contributed by atoms with E-state index in [0.29, 0.717) is 28.0 Å². The number of aryl methyl sites for hydroxylation is 2. The molecule has 18 heteroatoms. The first-order valence-corrected chi connectivity index (χ1v) is 15.2. The quantitative estimate of drug-likeness (QED) is 0.0929. The summed E-state index contributed by atoms with van der Waals surface area (Å²) in [5.41, 5.74) is 22.2. The standard InChI is InChI=1S/2C10H14O4S.C5H12N8/c2*1-6(2)8-5-10(15(12,13)14)7(3)4-9(8)11;1-3(11-13-5(8)9)2-10-12-4(6)7/h2*4-6,11H,1-3H3,(H,12,13,14);2H,1H3,(H4,6,7,12)(H4,8,9,13). The molecule has 0 spiro atoms. The average molecular weight is 645 g/mol. The van der Waals surface area contributed by atoms with Crippen LogP contribution in [-0.4, -0.2) is 60.0 Å². The lowest BCUT2D eigenvalue weighted by molar-refractivity contribution is 0.460. The van der Waals surface area contributed by atoms with Crippen LogP contribution in [0.3, 0.4) is 0 Å². The molecule has 0 unspecified atom stereocenters.